The Morgan fingerprint density at radius 2 is 1.80 bits per heavy atom. The molecule has 2 nitrogen and oxygen atoms in total. The first kappa shape index (κ1) is 10.1. The predicted molar refractivity (Wildman–Crippen MR) is 58.2 cm³/mol. The molecular formula is C13H22O2. The SMILES string of the molecule is C[C@@H]1CC[C@H]2CCC[C@H]3CCO[C@]1(O)[C@H]23. The fraction of sp³-hybridized carbons (Fsp3) is 1.00. The first-order valence-corrected chi connectivity index (χ1v) is 6.58. The second-order valence-corrected chi connectivity index (χ2v) is 5.84. The van der Waals surface area contributed by atoms with Crippen molar-refractivity contribution in [3.63, 3.8) is 0 Å². The van der Waals surface area contributed by atoms with Gasteiger partial charge in [0.1, 0.15) is 0 Å². The summed E-state index contributed by atoms with van der Waals surface area (Å²) in [6.45, 7) is 2.93. The average Bonchev–Trinajstić information content (AvgIpc) is 2.24. The van der Waals surface area contributed by atoms with Crippen LogP contribution in [0.1, 0.15) is 45.4 Å². The first-order valence-electron chi connectivity index (χ1n) is 6.58. The van der Waals surface area contributed by atoms with Gasteiger partial charge in [-0.05, 0) is 43.9 Å². The summed E-state index contributed by atoms with van der Waals surface area (Å²) in [6.07, 6.45) is 7.64. The Bertz CT molecular complexity index is 244. The summed E-state index contributed by atoms with van der Waals surface area (Å²) < 4.78 is 5.77. The van der Waals surface area contributed by atoms with Crippen molar-refractivity contribution in [3.05, 3.63) is 0 Å². The topological polar surface area (TPSA) is 29.5 Å². The molecule has 1 N–H and O–H groups in total. The van der Waals surface area contributed by atoms with Crippen LogP contribution >= 0.6 is 0 Å². The molecule has 0 spiro atoms. The molecule has 86 valence electrons. The van der Waals surface area contributed by atoms with E-state index in [0.717, 1.165) is 24.9 Å². The molecule has 0 aromatic heterocycles. The van der Waals surface area contributed by atoms with Crippen LogP contribution < -0.4 is 0 Å². The van der Waals surface area contributed by atoms with Crippen LogP contribution in [0, 0.1) is 23.7 Å². The third-order valence-electron chi connectivity index (χ3n) is 5.14. The molecule has 0 radical (unpaired) electrons. The Labute approximate surface area is 92.0 Å². The van der Waals surface area contributed by atoms with Crippen molar-refractivity contribution in [1.29, 1.82) is 0 Å². The standard InChI is InChI=1S/C13H22O2/c1-9-5-6-10-3-2-4-11-7-8-15-13(9,14)12(10)11/h9-12,14H,2-8H2,1H3/t9-,10-,11+,12-,13+/m1/s1. The monoisotopic (exact) mass is 210 g/mol. The molecule has 5 atom stereocenters. The maximum atomic E-state index is 10.7. The van der Waals surface area contributed by atoms with E-state index in [4.69, 9.17) is 4.74 Å². The summed E-state index contributed by atoms with van der Waals surface area (Å²) in [5.74, 6) is 1.49. The van der Waals surface area contributed by atoms with Gasteiger partial charge in [0.05, 0.1) is 6.61 Å². The highest BCUT2D eigenvalue weighted by molar-refractivity contribution is 4.99. The molecule has 0 amide bonds. The van der Waals surface area contributed by atoms with Gasteiger partial charge in [0, 0.05) is 11.8 Å². The smallest absolute Gasteiger partial charge is 0.171 e. The molecule has 0 unspecified atom stereocenters. The van der Waals surface area contributed by atoms with E-state index in [1.807, 2.05) is 0 Å². The van der Waals surface area contributed by atoms with E-state index in [1.54, 1.807) is 0 Å². The second kappa shape index (κ2) is 3.46. The molecule has 0 aromatic carbocycles. The molecular weight excluding hydrogens is 188 g/mol. The molecule has 2 saturated carbocycles. The minimum Gasteiger partial charge on any atom is -0.365 e. The highest BCUT2D eigenvalue weighted by Crippen LogP contribution is 2.54. The molecule has 3 aliphatic rings. The summed E-state index contributed by atoms with van der Waals surface area (Å²) in [4.78, 5) is 0. The van der Waals surface area contributed by atoms with Gasteiger partial charge in [-0.1, -0.05) is 13.3 Å². The lowest BCUT2D eigenvalue weighted by atomic mass is 9.58. The quantitative estimate of drug-likeness (QED) is 0.666. The first-order chi connectivity index (χ1) is 7.22. The molecule has 1 aliphatic heterocycles. The number of aliphatic hydroxyl groups is 1. The third-order valence-corrected chi connectivity index (χ3v) is 5.14. The highest BCUT2D eigenvalue weighted by atomic mass is 16.6. The van der Waals surface area contributed by atoms with Gasteiger partial charge in [-0.15, -0.1) is 0 Å². The van der Waals surface area contributed by atoms with Crippen LogP contribution in [0.2, 0.25) is 0 Å². The van der Waals surface area contributed by atoms with Crippen molar-refractivity contribution in [2.24, 2.45) is 23.7 Å². The van der Waals surface area contributed by atoms with Crippen LogP contribution in [0.3, 0.4) is 0 Å². The van der Waals surface area contributed by atoms with Crippen LogP contribution in [0.4, 0.5) is 0 Å². The maximum absolute atomic E-state index is 10.7. The Kier molecular flexibility index (Phi) is 2.33. The Morgan fingerprint density at radius 3 is 2.60 bits per heavy atom. The number of hydrogen-bond acceptors (Lipinski definition) is 2. The van der Waals surface area contributed by atoms with Crippen molar-refractivity contribution in [3.8, 4) is 0 Å². The van der Waals surface area contributed by atoms with Crippen molar-refractivity contribution in [2.75, 3.05) is 6.61 Å². The Balaban J connectivity index is 1.93. The molecule has 1 heterocycles. The van der Waals surface area contributed by atoms with Gasteiger partial charge in [0.25, 0.3) is 0 Å². The van der Waals surface area contributed by atoms with Crippen LogP contribution in [0.5, 0.6) is 0 Å². The second-order valence-electron chi connectivity index (χ2n) is 5.84. The maximum Gasteiger partial charge on any atom is 0.171 e. The zero-order valence-corrected chi connectivity index (χ0v) is 9.61. The van der Waals surface area contributed by atoms with Gasteiger partial charge in [-0.25, -0.2) is 0 Å². The van der Waals surface area contributed by atoms with E-state index in [0.29, 0.717) is 11.8 Å². The molecule has 2 aliphatic carbocycles. The third kappa shape index (κ3) is 1.38. The summed E-state index contributed by atoms with van der Waals surface area (Å²) >= 11 is 0. The molecule has 0 bridgehead atoms. The summed E-state index contributed by atoms with van der Waals surface area (Å²) in [5.41, 5.74) is 0. The van der Waals surface area contributed by atoms with Crippen molar-refractivity contribution in [1.82, 2.24) is 0 Å². The lowest BCUT2D eigenvalue weighted by molar-refractivity contribution is -0.325. The van der Waals surface area contributed by atoms with E-state index < -0.39 is 5.79 Å². The molecule has 2 heteroatoms. The molecule has 15 heavy (non-hydrogen) atoms. The molecule has 0 aromatic rings. The van der Waals surface area contributed by atoms with E-state index in [2.05, 4.69) is 6.92 Å². The Hall–Kier alpha value is -0.0800. The van der Waals surface area contributed by atoms with E-state index >= 15 is 0 Å². The van der Waals surface area contributed by atoms with Gasteiger partial charge in [0.2, 0.25) is 0 Å². The summed E-state index contributed by atoms with van der Waals surface area (Å²) in [7, 11) is 0. The zero-order chi connectivity index (χ0) is 10.5. The van der Waals surface area contributed by atoms with Crippen LogP contribution in [-0.4, -0.2) is 17.5 Å². The fourth-order valence-electron chi connectivity index (χ4n) is 4.32. The number of hydrogen-bond donors (Lipinski definition) is 1. The van der Waals surface area contributed by atoms with Gasteiger partial charge in [-0.2, -0.15) is 0 Å². The lowest BCUT2D eigenvalue weighted by Crippen LogP contribution is -2.59. The van der Waals surface area contributed by atoms with Crippen molar-refractivity contribution in [2.45, 2.75) is 51.2 Å². The highest BCUT2D eigenvalue weighted by Gasteiger charge is 2.55. The summed E-state index contributed by atoms with van der Waals surface area (Å²) in [6, 6.07) is 0. The van der Waals surface area contributed by atoms with Crippen LogP contribution in [0.25, 0.3) is 0 Å². The van der Waals surface area contributed by atoms with Gasteiger partial charge >= 0.3 is 0 Å². The lowest BCUT2D eigenvalue weighted by Gasteiger charge is -2.56. The van der Waals surface area contributed by atoms with E-state index in [-0.39, 0.29) is 0 Å². The molecule has 3 rings (SSSR count). The van der Waals surface area contributed by atoms with Crippen molar-refractivity contribution >= 4 is 0 Å². The molecule has 3 fully saturated rings. The number of rotatable bonds is 0. The van der Waals surface area contributed by atoms with Gasteiger partial charge in [0.15, 0.2) is 5.79 Å². The molecule has 1 saturated heterocycles. The van der Waals surface area contributed by atoms with Gasteiger partial charge in [-0.3, -0.25) is 0 Å². The summed E-state index contributed by atoms with van der Waals surface area (Å²) in [5, 5.41) is 10.7. The van der Waals surface area contributed by atoms with Crippen LogP contribution in [-0.2, 0) is 4.74 Å². The minimum atomic E-state index is -0.772. The largest absolute Gasteiger partial charge is 0.365 e. The zero-order valence-electron chi connectivity index (χ0n) is 9.61. The normalized spacial score (nSPS) is 54.8. The van der Waals surface area contributed by atoms with E-state index in [1.165, 1.54) is 32.1 Å². The average molecular weight is 210 g/mol. The van der Waals surface area contributed by atoms with E-state index in [9.17, 15) is 5.11 Å². The van der Waals surface area contributed by atoms with Crippen molar-refractivity contribution < 1.29 is 9.84 Å². The predicted octanol–water partition coefficient (Wildman–Crippen LogP) is 2.56. The van der Waals surface area contributed by atoms with Crippen LogP contribution in [0.15, 0.2) is 0 Å². The fourth-order valence-corrected chi connectivity index (χ4v) is 4.32. The Morgan fingerprint density at radius 1 is 1.07 bits per heavy atom. The van der Waals surface area contributed by atoms with Gasteiger partial charge < -0.3 is 9.84 Å². The minimum absolute atomic E-state index is 0.333. The number of ether oxygens (including phenoxy) is 1.